The van der Waals surface area contributed by atoms with Gasteiger partial charge in [-0.15, -0.1) is 0 Å². The highest BCUT2D eigenvalue weighted by Gasteiger charge is 2.24. The molecule has 26 heavy (non-hydrogen) atoms. The van der Waals surface area contributed by atoms with Gasteiger partial charge in [-0.3, -0.25) is 4.99 Å². The summed E-state index contributed by atoms with van der Waals surface area (Å²) in [5.41, 5.74) is 0.346. The zero-order chi connectivity index (χ0) is 18.5. The van der Waals surface area contributed by atoms with Gasteiger partial charge in [0.15, 0.2) is 5.96 Å². The fourth-order valence-electron chi connectivity index (χ4n) is 3.71. The minimum atomic E-state index is -0.403. The summed E-state index contributed by atoms with van der Waals surface area (Å²) in [4.78, 5) is 11.3. The second kappa shape index (κ2) is 8.66. The molecule has 0 radical (unpaired) electrons. The molecule has 2 aliphatic heterocycles. The van der Waals surface area contributed by atoms with Gasteiger partial charge in [-0.05, 0) is 45.5 Å². The van der Waals surface area contributed by atoms with Gasteiger partial charge in [0, 0.05) is 44.8 Å². The number of likely N-dealkylation sites (N-methyl/N-ethyl adjacent to an activating group) is 1. The molecule has 2 heterocycles. The highest BCUT2D eigenvalue weighted by molar-refractivity contribution is 5.80. The van der Waals surface area contributed by atoms with Crippen molar-refractivity contribution < 1.29 is 8.78 Å². The summed E-state index contributed by atoms with van der Waals surface area (Å²) in [7, 11) is 2.16. The third-order valence-electron chi connectivity index (χ3n) is 5.29. The van der Waals surface area contributed by atoms with Crippen molar-refractivity contribution in [2.45, 2.75) is 25.8 Å². The lowest BCUT2D eigenvalue weighted by atomic mass is 10.2. The summed E-state index contributed by atoms with van der Waals surface area (Å²) in [6, 6.07) is 4.15. The SMILES string of the molecule is CCNC(=NCC1CCCN1C)N1CCN(c2cc(F)ccc2F)CC1. The number of guanidine groups is 1. The van der Waals surface area contributed by atoms with Gasteiger partial charge in [0.1, 0.15) is 11.6 Å². The Kier molecular flexibility index (Phi) is 6.29. The minimum absolute atomic E-state index is 0.346. The molecule has 0 spiro atoms. The number of halogens is 2. The lowest BCUT2D eigenvalue weighted by Gasteiger charge is -2.38. The van der Waals surface area contributed by atoms with Crippen molar-refractivity contribution >= 4 is 11.6 Å². The van der Waals surface area contributed by atoms with Crippen LogP contribution in [0.25, 0.3) is 0 Å². The van der Waals surface area contributed by atoms with E-state index in [1.165, 1.54) is 25.0 Å². The molecule has 1 aromatic rings. The maximum atomic E-state index is 14.0. The first kappa shape index (κ1) is 18.9. The van der Waals surface area contributed by atoms with E-state index in [0.717, 1.165) is 44.7 Å². The smallest absolute Gasteiger partial charge is 0.194 e. The molecule has 1 N–H and O–H groups in total. The molecule has 144 valence electrons. The average Bonchev–Trinajstić information content (AvgIpc) is 3.06. The van der Waals surface area contributed by atoms with Crippen molar-refractivity contribution in [3.05, 3.63) is 29.8 Å². The standard InChI is InChI=1S/C19H29F2N5/c1-3-22-19(23-14-16-5-4-8-24(16)2)26-11-9-25(10-12-26)18-13-15(20)6-7-17(18)21/h6-7,13,16H,3-5,8-12,14H2,1-2H3,(H,22,23). The summed E-state index contributed by atoms with van der Waals surface area (Å²) >= 11 is 0. The van der Waals surface area contributed by atoms with E-state index in [9.17, 15) is 8.78 Å². The van der Waals surface area contributed by atoms with Crippen molar-refractivity contribution in [3.63, 3.8) is 0 Å². The molecule has 2 aliphatic rings. The maximum Gasteiger partial charge on any atom is 0.194 e. The Bertz CT molecular complexity index is 628. The summed E-state index contributed by atoms with van der Waals surface area (Å²) in [6.45, 7) is 7.60. The molecule has 5 nitrogen and oxygen atoms in total. The topological polar surface area (TPSA) is 34.1 Å². The molecule has 0 bridgehead atoms. The Morgan fingerprint density at radius 1 is 1.19 bits per heavy atom. The number of nitrogens with one attached hydrogen (secondary N) is 1. The first-order valence-electron chi connectivity index (χ1n) is 9.52. The molecule has 1 unspecified atom stereocenters. The number of piperazine rings is 1. The molecule has 1 aromatic carbocycles. The van der Waals surface area contributed by atoms with Gasteiger partial charge < -0.3 is 20.0 Å². The highest BCUT2D eigenvalue weighted by atomic mass is 19.1. The number of nitrogens with zero attached hydrogens (tertiary/aromatic N) is 4. The van der Waals surface area contributed by atoms with Crippen LogP contribution >= 0.6 is 0 Å². The van der Waals surface area contributed by atoms with Crippen LogP contribution in [0.3, 0.4) is 0 Å². The molecule has 3 rings (SSSR count). The number of likely N-dealkylation sites (tertiary alicyclic amines) is 1. The van der Waals surface area contributed by atoms with Gasteiger partial charge in [0.05, 0.1) is 12.2 Å². The van der Waals surface area contributed by atoms with Gasteiger partial charge in [-0.2, -0.15) is 0 Å². The van der Waals surface area contributed by atoms with Crippen molar-refractivity contribution in [3.8, 4) is 0 Å². The number of anilines is 1. The fourth-order valence-corrected chi connectivity index (χ4v) is 3.71. The summed E-state index contributed by atoms with van der Waals surface area (Å²) < 4.78 is 27.4. The Labute approximate surface area is 154 Å². The van der Waals surface area contributed by atoms with E-state index in [-0.39, 0.29) is 5.82 Å². The molecule has 7 heteroatoms. The second-order valence-electron chi connectivity index (χ2n) is 7.04. The number of hydrogen-bond donors (Lipinski definition) is 1. The Morgan fingerprint density at radius 3 is 2.62 bits per heavy atom. The van der Waals surface area contributed by atoms with E-state index < -0.39 is 5.82 Å². The molecular weight excluding hydrogens is 336 g/mol. The first-order valence-corrected chi connectivity index (χ1v) is 9.52. The number of hydrogen-bond acceptors (Lipinski definition) is 3. The third kappa shape index (κ3) is 4.44. The van der Waals surface area contributed by atoms with Crippen LogP contribution in [0.1, 0.15) is 19.8 Å². The quantitative estimate of drug-likeness (QED) is 0.655. The molecule has 2 saturated heterocycles. The van der Waals surface area contributed by atoms with Gasteiger partial charge in [-0.25, -0.2) is 8.78 Å². The van der Waals surface area contributed by atoms with E-state index >= 15 is 0 Å². The lowest BCUT2D eigenvalue weighted by molar-refractivity contribution is 0.314. The largest absolute Gasteiger partial charge is 0.366 e. The van der Waals surface area contributed by atoms with E-state index in [1.807, 2.05) is 4.90 Å². The van der Waals surface area contributed by atoms with Gasteiger partial charge in [0.25, 0.3) is 0 Å². The number of rotatable bonds is 4. The lowest BCUT2D eigenvalue weighted by Crippen LogP contribution is -2.53. The van der Waals surface area contributed by atoms with Crippen LogP contribution in [0, 0.1) is 11.6 Å². The van der Waals surface area contributed by atoms with Crippen molar-refractivity contribution in [1.82, 2.24) is 15.1 Å². The van der Waals surface area contributed by atoms with E-state index in [0.29, 0.717) is 24.8 Å². The molecule has 0 aromatic heterocycles. The molecule has 2 fully saturated rings. The Morgan fingerprint density at radius 2 is 1.96 bits per heavy atom. The fraction of sp³-hybridized carbons (Fsp3) is 0.632. The van der Waals surface area contributed by atoms with Crippen molar-refractivity contribution in [2.24, 2.45) is 4.99 Å². The minimum Gasteiger partial charge on any atom is -0.366 e. The second-order valence-corrected chi connectivity index (χ2v) is 7.04. The monoisotopic (exact) mass is 365 g/mol. The molecule has 1 atom stereocenters. The predicted molar refractivity (Wildman–Crippen MR) is 102 cm³/mol. The first-order chi connectivity index (χ1) is 12.6. The average molecular weight is 365 g/mol. The van der Waals surface area contributed by atoms with Crippen LogP contribution in [0.5, 0.6) is 0 Å². The Balaban J connectivity index is 1.61. The zero-order valence-corrected chi connectivity index (χ0v) is 15.7. The van der Waals surface area contributed by atoms with Gasteiger partial charge in [0.2, 0.25) is 0 Å². The molecule has 0 amide bonds. The van der Waals surface area contributed by atoms with Gasteiger partial charge >= 0.3 is 0 Å². The summed E-state index contributed by atoms with van der Waals surface area (Å²) in [6.07, 6.45) is 2.44. The van der Waals surface area contributed by atoms with Crippen LogP contribution in [0.4, 0.5) is 14.5 Å². The third-order valence-corrected chi connectivity index (χ3v) is 5.29. The van der Waals surface area contributed by atoms with Crippen LogP contribution in [0.15, 0.2) is 23.2 Å². The zero-order valence-electron chi connectivity index (χ0n) is 15.7. The highest BCUT2D eigenvalue weighted by Crippen LogP contribution is 2.22. The molecular formula is C19H29F2N5. The van der Waals surface area contributed by atoms with E-state index in [1.54, 1.807) is 0 Å². The Hall–Kier alpha value is -1.89. The summed E-state index contributed by atoms with van der Waals surface area (Å²) in [5, 5.41) is 3.37. The van der Waals surface area contributed by atoms with Crippen LogP contribution in [-0.2, 0) is 0 Å². The van der Waals surface area contributed by atoms with Crippen LogP contribution < -0.4 is 10.2 Å². The van der Waals surface area contributed by atoms with Crippen LogP contribution in [0.2, 0.25) is 0 Å². The normalized spacial score (nSPS) is 22.2. The van der Waals surface area contributed by atoms with E-state index in [4.69, 9.17) is 4.99 Å². The summed E-state index contributed by atoms with van der Waals surface area (Å²) in [5.74, 6) is 0.149. The van der Waals surface area contributed by atoms with Crippen molar-refractivity contribution in [1.29, 1.82) is 0 Å². The number of benzene rings is 1. The van der Waals surface area contributed by atoms with E-state index in [2.05, 4.69) is 29.1 Å². The molecule has 0 aliphatic carbocycles. The maximum absolute atomic E-state index is 14.0. The van der Waals surface area contributed by atoms with Crippen molar-refractivity contribution in [2.75, 3.05) is 57.8 Å². The van der Waals surface area contributed by atoms with Gasteiger partial charge in [-0.1, -0.05) is 0 Å². The number of aliphatic imine (C=N–C) groups is 1. The van der Waals surface area contributed by atoms with Crippen LogP contribution in [-0.4, -0.2) is 74.7 Å². The molecule has 0 saturated carbocycles. The predicted octanol–water partition coefficient (Wildman–Crippen LogP) is 2.15.